The number of fused-ring (bicyclic) bond motifs is 1. The molecule has 108 valence electrons. The number of hydrogen-bond donors (Lipinski definition) is 3. The summed E-state index contributed by atoms with van der Waals surface area (Å²) in [7, 11) is 0. The van der Waals surface area contributed by atoms with E-state index in [1.165, 1.54) is 0 Å². The zero-order valence-electron chi connectivity index (χ0n) is 12.1. The van der Waals surface area contributed by atoms with Crippen LogP contribution >= 0.6 is 0 Å². The first kappa shape index (κ1) is 14.5. The van der Waals surface area contributed by atoms with Gasteiger partial charge in [0.25, 0.3) is 0 Å². The molecule has 0 aliphatic rings. The fourth-order valence-corrected chi connectivity index (χ4v) is 2.36. The van der Waals surface area contributed by atoms with Crippen LogP contribution in [-0.4, -0.2) is 16.5 Å². The summed E-state index contributed by atoms with van der Waals surface area (Å²) in [5.74, 6) is 0.438. The third-order valence-electron chi connectivity index (χ3n) is 3.39. The van der Waals surface area contributed by atoms with Crippen molar-refractivity contribution in [1.82, 2.24) is 15.3 Å². The Morgan fingerprint density at radius 2 is 1.75 bits per heavy atom. The van der Waals surface area contributed by atoms with Gasteiger partial charge in [-0.05, 0) is 36.6 Å². The maximum atomic E-state index is 11.4. The maximum absolute atomic E-state index is 11.4. The van der Waals surface area contributed by atoms with E-state index in [0.717, 1.165) is 18.5 Å². The molecular weight excluding hydrogens is 254 g/mol. The highest BCUT2D eigenvalue weighted by molar-refractivity contribution is 5.74. The van der Waals surface area contributed by atoms with Crippen molar-refractivity contribution in [1.29, 1.82) is 0 Å². The van der Waals surface area contributed by atoms with Crippen LogP contribution in [0.15, 0.2) is 27.8 Å². The van der Waals surface area contributed by atoms with E-state index in [1.807, 2.05) is 18.2 Å². The van der Waals surface area contributed by atoms with Gasteiger partial charge in [-0.2, -0.15) is 0 Å². The van der Waals surface area contributed by atoms with Crippen LogP contribution in [0.1, 0.15) is 38.8 Å². The zero-order chi connectivity index (χ0) is 14.7. The van der Waals surface area contributed by atoms with E-state index in [0.29, 0.717) is 17.0 Å². The molecule has 0 bridgehead atoms. The number of benzene rings is 1. The largest absolute Gasteiger partial charge is 0.316 e. The summed E-state index contributed by atoms with van der Waals surface area (Å²) in [4.78, 5) is 27.9. The SMILES string of the molecule is CCCNC(c1ccc2[nH]c(=O)c(=O)[nH]c2c1)C(C)C. The lowest BCUT2D eigenvalue weighted by atomic mass is 9.95. The van der Waals surface area contributed by atoms with E-state index in [-0.39, 0.29) is 6.04 Å². The first-order valence-corrected chi connectivity index (χ1v) is 7.02. The zero-order valence-corrected chi connectivity index (χ0v) is 12.1. The predicted molar refractivity (Wildman–Crippen MR) is 81.1 cm³/mol. The van der Waals surface area contributed by atoms with Crippen LogP contribution in [-0.2, 0) is 0 Å². The topological polar surface area (TPSA) is 77.8 Å². The van der Waals surface area contributed by atoms with Crippen molar-refractivity contribution in [3.63, 3.8) is 0 Å². The molecule has 1 aromatic heterocycles. The number of aromatic amines is 2. The molecule has 0 aliphatic carbocycles. The lowest BCUT2D eigenvalue weighted by Crippen LogP contribution is -2.29. The van der Waals surface area contributed by atoms with E-state index >= 15 is 0 Å². The second-order valence-corrected chi connectivity index (χ2v) is 5.39. The maximum Gasteiger partial charge on any atom is 0.314 e. The molecule has 1 atom stereocenters. The van der Waals surface area contributed by atoms with Crippen molar-refractivity contribution < 1.29 is 0 Å². The van der Waals surface area contributed by atoms with Gasteiger partial charge in [-0.15, -0.1) is 0 Å². The van der Waals surface area contributed by atoms with Crippen molar-refractivity contribution in [3.05, 3.63) is 44.5 Å². The molecule has 2 rings (SSSR count). The molecule has 0 saturated heterocycles. The molecule has 0 amide bonds. The van der Waals surface area contributed by atoms with Gasteiger partial charge in [0.2, 0.25) is 0 Å². The fourth-order valence-electron chi connectivity index (χ4n) is 2.36. The molecule has 20 heavy (non-hydrogen) atoms. The normalized spacial score (nSPS) is 13.0. The highest BCUT2D eigenvalue weighted by Gasteiger charge is 2.15. The quantitative estimate of drug-likeness (QED) is 0.729. The monoisotopic (exact) mass is 275 g/mol. The molecule has 0 fully saturated rings. The van der Waals surface area contributed by atoms with Gasteiger partial charge < -0.3 is 15.3 Å². The van der Waals surface area contributed by atoms with Gasteiger partial charge in [-0.1, -0.05) is 26.8 Å². The fraction of sp³-hybridized carbons (Fsp3) is 0.467. The third kappa shape index (κ3) is 2.99. The Bertz CT molecular complexity index is 700. The Balaban J connectivity index is 2.46. The Morgan fingerprint density at radius 3 is 2.35 bits per heavy atom. The lowest BCUT2D eigenvalue weighted by Gasteiger charge is -2.23. The van der Waals surface area contributed by atoms with Gasteiger partial charge in [0.1, 0.15) is 0 Å². The minimum Gasteiger partial charge on any atom is -0.316 e. The molecule has 2 aromatic rings. The predicted octanol–water partition coefficient (Wildman–Crippen LogP) is 1.91. The Morgan fingerprint density at radius 1 is 1.10 bits per heavy atom. The van der Waals surface area contributed by atoms with Crippen LogP contribution in [0, 0.1) is 5.92 Å². The van der Waals surface area contributed by atoms with Gasteiger partial charge in [-0.25, -0.2) is 0 Å². The van der Waals surface area contributed by atoms with Crippen molar-refractivity contribution in [2.24, 2.45) is 5.92 Å². The molecular formula is C15H21N3O2. The number of hydrogen-bond acceptors (Lipinski definition) is 3. The van der Waals surface area contributed by atoms with Gasteiger partial charge in [0.05, 0.1) is 11.0 Å². The molecule has 0 saturated carbocycles. The van der Waals surface area contributed by atoms with Gasteiger partial charge in [0, 0.05) is 6.04 Å². The van der Waals surface area contributed by atoms with E-state index in [9.17, 15) is 9.59 Å². The average Bonchev–Trinajstić information content (AvgIpc) is 2.40. The van der Waals surface area contributed by atoms with Crippen LogP contribution in [0.25, 0.3) is 11.0 Å². The summed E-state index contributed by atoms with van der Waals surface area (Å²) in [6.45, 7) is 7.40. The van der Waals surface area contributed by atoms with E-state index in [2.05, 4.69) is 36.1 Å². The summed E-state index contributed by atoms with van der Waals surface area (Å²) in [5.41, 5.74) is 1.20. The highest BCUT2D eigenvalue weighted by Crippen LogP contribution is 2.23. The van der Waals surface area contributed by atoms with E-state index < -0.39 is 11.1 Å². The average molecular weight is 275 g/mol. The molecule has 1 aromatic carbocycles. The Kier molecular flexibility index (Phi) is 4.39. The molecule has 0 radical (unpaired) electrons. The number of rotatable bonds is 5. The van der Waals surface area contributed by atoms with Crippen molar-refractivity contribution in [3.8, 4) is 0 Å². The number of H-pyrrole nitrogens is 2. The summed E-state index contributed by atoms with van der Waals surface area (Å²) < 4.78 is 0. The van der Waals surface area contributed by atoms with Crippen molar-refractivity contribution in [2.45, 2.75) is 33.2 Å². The lowest BCUT2D eigenvalue weighted by molar-refractivity contribution is 0.413. The minimum atomic E-state index is -0.616. The summed E-state index contributed by atoms with van der Waals surface area (Å²) in [6.07, 6.45) is 1.07. The highest BCUT2D eigenvalue weighted by atomic mass is 16.2. The first-order valence-electron chi connectivity index (χ1n) is 7.02. The van der Waals surface area contributed by atoms with Crippen LogP contribution in [0.3, 0.4) is 0 Å². The molecule has 0 spiro atoms. The standard InChI is InChI=1S/C15H21N3O2/c1-4-7-16-13(9(2)3)10-5-6-11-12(8-10)18-15(20)14(19)17-11/h5-6,8-9,13,16H,4,7H2,1-3H3,(H,17,19)(H,18,20). The van der Waals surface area contributed by atoms with Crippen LogP contribution in [0.5, 0.6) is 0 Å². The van der Waals surface area contributed by atoms with Crippen molar-refractivity contribution in [2.75, 3.05) is 6.54 Å². The summed E-state index contributed by atoms with van der Waals surface area (Å²) >= 11 is 0. The van der Waals surface area contributed by atoms with E-state index in [1.54, 1.807) is 0 Å². The Hall–Kier alpha value is -1.88. The second kappa shape index (κ2) is 6.05. The third-order valence-corrected chi connectivity index (χ3v) is 3.39. The van der Waals surface area contributed by atoms with E-state index in [4.69, 9.17) is 0 Å². The van der Waals surface area contributed by atoms with Crippen LogP contribution in [0.2, 0.25) is 0 Å². The number of aromatic nitrogens is 2. The molecule has 3 N–H and O–H groups in total. The first-order chi connectivity index (χ1) is 9.52. The molecule has 5 nitrogen and oxygen atoms in total. The van der Waals surface area contributed by atoms with Gasteiger partial charge >= 0.3 is 11.1 Å². The summed E-state index contributed by atoms with van der Waals surface area (Å²) in [6, 6.07) is 5.99. The molecule has 1 heterocycles. The number of nitrogens with one attached hydrogen (secondary N) is 3. The molecule has 0 aliphatic heterocycles. The minimum absolute atomic E-state index is 0.231. The smallest absolute Gasteiger partial charge is 0.314 e. The van der Waals surface area contributed by atoms with Crippen LogP contribution in [0.4, 0.5) is 0 Å². The van der Waals surface area contributed by atoms with Gasteiger partial charge in [0.15, 0.2) is 0 Å². The molecule has 5 heteroatoms. The summed E-state index contributed by atoms with van der Waals surface area (Å²) in [5, 5.41) is 3.51. The van der Waals surface area contributed by atoms with Crippen LogP contribution < -0.4 is 16.4 Å². The van der Waals surface area contributed by atoms with Crippen molar-refractivity contribution >= 4 is 11.0 Å². The molecule has 1 unspecified atom stereocenters. The Labute approximate surface area is 117 Å². The second-order valence-electron chi connectivity index (χ2n) is 5.39. The van der Waals surface area contributed by atoms with Gasteiger partial charge in [-0.3, -0.25) is 9.59 Å².